The lowest BCUT2D eigenvalue weighted by atomic mass is 10.1. The summed E-state index contributed by atoms with van der Waals surface area (Å²) >= 11 is 0. The number of hydrogen-bond donors (Lipinski definition) is 1. The Kier molecular flexibility index (Phi) is 5.48. The van der Waals surface area contributed by atoms with E-state index in [9.17, 15) is 30.4 Å². The number of rotatable bonds is 5. The number of nitrogens with one attached hydrogen (secondary N) is 1. The molecule has 0 aliphatic carbocycles. The van der Waals surface area contributed by atoms with Crippen LogP contribution in [-0.4, -0.2) is 8.42 Å². The van der Waals surface area contributed by atoms with Gasteiger partial charge in [0.1, 0.15) is 11.6 Å². The molecule has 0 aliphatic heterocycles. The van der Waals surface area contributed by atoms with E-state index in [0.29, 0.717) is 6.07 Å². The normalized spacial score (nSPS) is 13.7. The highest BCUT2D eigenvalue weighted by Crippen LogP contribution is 2.30. The molecule has 0 saturated heterocycles. The molecule has 3 nitrogen and oxygen atoms in total. The zero-order valence-electron chi connectivity index (χ0n) is 12.9. The van der Waals surface area contributed by atoms with Crippen molar-refractivity contribution in [3.8, 4) is 0 Å². The lowest BCUT2D eigenvalue weighted by molar-refractivity contribution is -0.137. The van der Waals surface area contributed by atoms with E-state index < -0.39 is 45.2 Å². The number of halogens is 5. The minimum Gasteiger partial charge on any atom is -0.212 e. The van der Waals surface area contributed by atoms with E-state index in [1.165, 1.54) is 13.0 Å². The first-order valence-electron chi connectivity index (χ1n) is 7.09. The Hall–Kier alpha value is -2.00. The Bertz CT molecular complexity index is 865. The highest BCUT2D eigenvalue weighted by atomic mass is 32.2. The quantitative estimate of drug-likeness (QED) is 0.793. The van der Waals surface area contributed by atoms with Crippen molar-refractivity contribution in [1.29, 1.82) is 0 Å². The van der Waals surface area contributed by atoms with E-state index in [4.69, 9.17) is 0 Å². The summed E-state index contributed by atoms with van der Waals surface area (Å²) in [5.41, 5.74) is -1.10. The van der Waals surface area contributed by atoms with Gasteiger partial charge in [0.25, 0.3) is 0 Å². The van der Waals surface area contributed by atoms with Crippen LogP contribution in [0.4, 0.5) is 22.0 Å². The largest absolute Gasteiger partial charge is 0.416 e. The molecule has 2 aromatic rings. The van der Waals surface area contributed by atoms with Crippen molar-refractivity contribution < 1.29 is 30.4 Å². The van der Waals surface area contributed by atoms with E-state index in [2.05, 4.69) is 4.72 Å². The van der Waals surface area contributed by atoms with Crippen molar-refractivity contribution in [2.24, 2.45) is 0 Å². The molecule has 0 amide bonds. The molecule has 0 aromatic heterocycles. The average molecular weight is 379 g/mol. The van der Waals surface area contributed by atoms with E-state index in [1.807, 2.05) is 0 Å². The van der Waals surface area contributed by atoms with Gasteiger partial charge >= 0.3 is 6.18 Å². The van der Waals surface area contributed by atoms with Gasteiger partial charge in [0, 0.05) is 17.7 Å². The third kappa shape index (κ3) is 5.23. The molecule has 1 atom stereocenters. The Balaban J connectivity index is 2.17. The Labute approximate surface area is 141 Å². The zero-order chi connectivity index (χ0) is 18.8. The van der Waals surface area contributed by atoms with Crippen molar-refractivity contribution >= 4 is 10.0 Å². The molecule has 0 radical (unpaired) electrons. The summed E-state index contributed by atoms with van der Waals surface area (Å²) in [5, 5.41) is 0. The summed E-state index contributed by atoms with van der Waals surface area (Å²) < 4.78 is 91.0. The van der Waals surface area contributed by atoms with Crippen molar-refractivity contribution in [3.05, 3.63) is 70.8 Å². The monoisotopic (exact) mass is 379 g/mol. The molecule has 25 heavy (non-hydrogen) atoms. The van der Waals surface area contributed by atoms with Gasteiger partial charge in [-0.2, -0.15) is 13.2 Å². The second-order valence-electron chi connectivity index (χ2n) is 5.46. The summed E-state index contributed by atoms with van der Waals surface area (Å²) in [4.78, 5) is 0. The van der Waals surface area contributed by atoms with Gasteiger partial charge in [0.2, 0.25) is 10.0 Å². The van der Waals surface area contributed by atoms with Gasteiger partial charge in [-0.25, -0.2) is 21.9 Å². The lowest BCUT2D eigenvalue weighted by Gasteiger charge is -2.16. The smallest absolute Gasteiger partial charge is 0.212 e. The molecule has 0 spiro atoms. The third-order valence-electron chi connectivity index (χ3n) is 3.40. The van der Waals surface area contributed by atoms with Crippen molar-refractivity contribution in [2.75, 3.05) is 0 Å². The number of hydrogen-bond acceptors (Lipinski definition) is 2. The van der Waals surface area contributed by atoms with Crippen LogP contribution in [0.15, 0.2) is 42.5 Å². The van der Waals surface area contributed by atoms with Crippen molar-refractivity contribution in [3.63, 3.8) is 0 Å². The predicted octanol–water partition coefficient (Wildman–Crippen LogP) is 4.16. The van der Waals surface area contributed by atoms with Gasteiger partial charge < -0.3 is 0 Å². The van der Waals surface area contributed by atoms with E-state index in [0.717, 1.165) is 30.3 Å². The SMILES string of the molecule is CC(NS(=O)(=O)Cc1cccc(C(F)(F)F)c1)c1ccc(F)cc1F. The maximum Gasteiger partial charge on any atom is 0.416 e. The fourth-order valence-electron chi connectivity index (χ4n) is 2.28. The van der Waals surface area contributed by atoms with Gasteiger partial charge in [-0.1, -0.05) is 24.3 Å². The number of alkyl halides is 3. The Morgan fingerprint density at radius 2 is 1.76 bits per heavy atom. The van der Waals surface area contributed by atoms with Crippen LogP contribution in [-0.2, 0) is 22.0 Å². The van der Waals surface area contributed by atoms with Crippen LogP contribution in [0.2, 0.25) is 0 Å². The number of benzene rings is 2. The molecule has 0 aliphatic rings. The molecule has 0 bridgehead atoms. The zero-order valence-corrected chi connectivity index (χ0v) is 13.8. The standard InChI is InChI=1S/C16H14F5NO2S/c1-10(14-6-5-13(17)8-15(14)18)22-25(23,24)9-11-3-2-4-12(7-11)16(19,20)21/h2-8,10,22H,9H2,1H3. The summed E-state index contributed by atoms with van der Waals surface area (Å²) in [5.74, 6) is -2.43. The van der Waals surface area contributed by atoms with Crippen LogP contribution < -0.4 is 4.72 Å². The second-order valence-corrected chi connectivity index (χ2v) is 7.22. The second kappa shape index (κ2) is 7.09. The number of sulfonamides is 1. The molecule has 1 N–H and O–H groups in total. The molecular formula is C16H14F5NO2S. The Morgan fingerprint density at radius 3 is 2.36 bits per heavy atom. The fourth-order valence-corrected chi connectivity index (χ4v) is 3.65. The van der Waals surface area contributed by atoms with Crippen LogP contribution in [0.25, 0.3) is 0 Å². The maximum absolute atomic E-state index is 13.7. The van der Waals surface area contributed by atoms with Gasteiger partial charge in [0.15, 0.2) is 0 Å². The summed E-state index contributed by atoms with van der Waals surface area (Å²) in [6.45, 7) is 1.35. The first kappa shape index (κ1) is 19.3. The maximum atomic E-state index is 13.7. The molecule has 2 rings (SSSR count). The van der Waals surface area contributed by atoms with Crippen LogP contribution in [0.5, 0.6) is 0 Å². The van der Waals surface area contributed by atoms with Crippen LogP contribution in [0.3, 0.4) is 0 Å². The molecule has 9 heteroatoms. The highest BCUT2D eigenvalue weighted by molar-refractivity contribution is 7.88. The molecule has 1 unspecified atom stereocenters. The van der Waals surface area contributed by atoms with Crippen molar-refractivity contribution in [1.82, 2.24) is 4.72 Å². The minimum atomic E-state index is -4.59. The van der Waals surface area contributed by atoms with Gasteiger partial charge in [-0.15, -0.1) is 0 Å². The highest BCUT2D eigenvalue weighted by Gasteiger charge is 2.30. The fraction of sp³-hybridized carbons (Fsp3) is 0.250. The summed E-state index contributed by atoms with van der Waals surface area (Å²) in [7, 11) is -4.05. The van der Waals surface area contributed by atoms with Crippen LogP contribution in [0, 0.1) is 11.6 Å². The average Bonchev–Trinajstić information content (AvgIpc) is 2.45. The summed E-state index contributed by atoms with van der Waals surface area (Å²) in [6, 6.07) is 5.61. The molecule has 0 saturated carbocycles. The molecule has 2 aromatic carbocycles. The van der Waals surface area contributed by atoms with Gasteiger partial charge in [-0.05, 0) is 24.6 Å². The van der Waals surface area contributed by atoms with Crippen molar-refractivity contribution in [2.45, 2.75) is 24.9 Å². The minimum absolute atomic E-state index is 0.0610. The first-order valence-corrected chi connectivity index (χ1v) is 8.74. The predicted molar refractivity (Wildman–Crippen MR) is 82.0 cm³/mol. The molecular weight excluding hydrogens is 365 g/mol. The van der Waals surface area contributed by atoms with Crippen LogP contribution >= 0.6 is 0 Å². The molecule has 0 heterocycles. The van der Waals surface area contributed by atoms with Gasteiger partial charge in [0.05, 0.1) is 11.3 Å². The summed E-state index contributed by atoms with van der Waals surface area (Å²) in [6.07, 6.45) is -4.59. The van der Waals surface area contributed by atoms with E-state index >= 15 is 0 Å². The topological polar surface area (TPSA) is 46.2 Å². The molecule has 136 valence electrons. The van der Waals surface area contributed by atoms with Crippen LogP contribution in [0.1, 0.15) is 29.7 Å². The van der Waals surface area contributed by atoms with E-state index in [1.54, 1.807) is 0 Å². The third-order valence-corrected chi connectivity index (χ3v) is 4.82. The lowest BCUT2D eigenvalue weighted by Crippen LogP contribution is -2.28. The molecule has 0 fully saturated rings. The van der Waals surface area contributed by atoms with Gasteiger partial charge in [-0.3, -0.25) is 0 Å². The Morgan fingerprint density at radius 1 is 1.08 bits per heavy atom. The first-order chi connectivity index (χ1) is 11.5. The van der Waals surface area contributed by atoms with E-state index in [-0.39, 0.29) is 11.1 Å².